The Bertz CT molecular complexity index is 220. The first-order valence-electron chi connectivity index (χ1n) is 3.45. The molecule has 0 atom stereocenters. The Morgan fingerprint density at radius 1 is 1.50 bits per heavy atom. The van der Waals surface area contributed by atoms with Crippen molar-refractivity contribution in [3.63, 3.8) is 0 Å². The zero-order chi connectivity index (χ0) is 7.83. The average Bonchev–Trinajstić information content (AvgIpc) is 1.82. The van der Waals surface area contributed by atoms with Crippen LogP contribution >= 0.6 is 0 Å². The molecule has 1 aliphatic rings. The highest BCUT2D eigenvalue weighted by Gasteiger charge is 2.43. The number of hydrogen-bond acceptors (Lipinski definition) is 2. The molecule has 3 nitrogen and oxygen atoms in total. The minimum atomic E-state index is -3.01. The summed E-state index contributed by atoms with van der Waals surface area (Å²) in [4.78, 5) is 0. The van der Waals surface area contributed by atoms with Gasteiger partial charge in [0.2, 0.25) is 10.0 Å². The zero-order valence-corrected chi connectivity index (χ0v) is 7.16. The van der Waals surface area contributed by atoms with Gasteiger partial charge in [-0.05, 0) is 19.9 Å². The Labute approximate surface area is 62.7 Å². The Balaban J connectivity index is 2.82. The summed E-state index contributed by atoms with van der Waals surface area (Å²) in [7, 11) is 0.254. The molecule has 1 saturated carbocycles. The molecule has 5 heteroatoms. The molecular formula is C5H12BNO2S. The maximum atomic E-state index is 11.2. The third-order valence-electron chi connectivity index (χ3n) is 2.33. The van der Waals surface area contributed by atoms with E-state index in [0.29, 0.717) is 0 Å². The predicted octanol–water partition coefficient (Wildman–Crippen LogP) is -0.951. The molecule has 1 aliphatic carbocycles. The first-order valence-corrected chi connectivity index (χ1v) is 4.93. The van der Waals surface area contributed by atoms with Crippen LogP contribution in [0.5, 0.6) is 0 Å². The first-order chi connectivity index (χ1) is 4.52. The third kappa shape index (κ3) is 0.972. The van der Waals surface area contributed by atoms with Gasteiger partial charge < -0.3 is 0 Å². The molecular weight excluding hydrogens is 149 g/mol. The van der Waals surface area contributed by atoms with Gasteiger partial charge >= 0.3 is 0 Å². The minimum absolute atomic E-state index is 0.470. The van der Waals surface area contributed by atoms with E-state index in [1.54, 1.807) is 7.85 Å². The lowest BCUT2D eigenvalue weighted by Gasteiger charge is -2.37. The first kappa shape index (κ1) is 8.08. The molecule has 0 saturated heterocycles. The lowest BCUT2D eigenvalue weighted by Crippen LogP contribution is -2.50. The molecule has 0 aromatic carbocycles. The van der Waals surface area contributed by atoms with Gasteiger partial charge in [-0.25, -0.2) is 13.1 Å². The summed E-state index contributed by atoms with van der Waals surface area (Å²) in [6.07, 6.45) is 2.64. The van der Waals surface area contributed by atoms with Crippen molar-refractivity contribution in [2.45, 2.75) is 23.9 Å². The Morgan fingerprint density at radius 2 is 2.00 bits per heavy atom. The molecule has 0 aliphatic heterocycles. The van der Waals surface area contributed by atoms with Crippen LogP contribution in [-0.4, -0.2) is 28.0 Å². The molecule has 1 N–H and O–H groups in total. The highest BCUT2D eigenvalue weighted by Crippen LogP contribution is 2.35. The van der Waals surface area contributed by atoms with E-state index in [1.165, 1.54) is 7.05 Å². The summed E-state index contributed by atoms with van der Waals surface area (Å²) < 4.78 is 24.3. The molecule has 0 amide bonds. The lowest BCUT2D eigenvalue weighted by molar-refractivity contribution is 0.432. The zero-order valence-electron chi connectivity index (χ0n) is 6.35. The summed E-state index contributed by atoms with van der Waals surface area (Å²) >= 11 is 0. The molecule has 0 radical (unpaired) electrons. The average molecular weight is 161 g/mol. The van der Waals surface area contributed by atoms with Crippen LogP contribution in [0.3, 0.4) is 0 Å². The molecule has 58 valence electrons. The van der Waals surface area contributed by atoms with Crippen LogP contribution in [0.4, 0.5) is 0 Å². The molecule has 0 aromatic rings. The summed E-state index contributed by atoms with van der Waals surface area (Å²) in [6.45, 7) is 0. The number of rotatable bonds is 2. The Hall–Kier alpha value is -0.0251. The van der Waals surface area contributed by atoms with E-state index in [9.17, 15) is 8.42 Å². The molecule has 0 aromatic heterocycles. The van der Waals surface area contributed by atoms with Gasteiger partial charge in [0.1, 0.15) is 7.85 Å². The van der Waals surface area contributed by atoms with Gasteiger partial charge in [0.25, 0.3) is 0 Å². The van der Waals surface area contributed by atoms with E-state index in [4.69, 9.17) is 0 Å². The second-order valence-electron chi connectivity index (χ2n) is 3.01. The number of nitrogens with one attached hydrogen (secondary N) is 1. The van der Waals surface area contributed by atoms with E-state index in [2.05, 4.69) is 4.72 Å². The summed E-state index contributed by atoms with van der Waals surface area (Å²) in [6, 6.07) is 0. The monoisotopic (exact) mass is 161 g/mol. The third-order valence-corrected chi connectivity index (χ3v) is 4.57. The van der Waals surface area contributed by atoms with Crippen LogP contribution in [0.15, 0.2) is 0 Å². The van der Waals surface area contributed by atoms with Crippen LogP contribution in [0.1, 0.15) is 19.3 Å². The van der Waals surface area contributed by atoms with E-state index >= 15 is 0 Å². The summed E-state index contributed by atoms with van der Waals surface area (Å²) in [5.41, 5.74) is 0. The number of sulfonamides is 1. The fraction of sp³-hybridized carbons (Fsp3) is 1.00. The maximum Gasteiger partial charge on any atom is 0.209 e. The van der Waals surface area contributed by atoms with Crippen LogP contribution in [-0.2, 0) is 10.0 Å². The smallest absolute Gasteiger partial charge is 0.209 e. The SMILES string of the molecule is BC1(S(=O)(=O)NC)CCC1. The van der Waals surface area contributed by atoms with Gasteiger partial charge in [0.15, 0.2) is 0 Å². The quantitative estimate of drug-likeness (QED) is 0.530. The fourth-order valence-electron chi connectivity index (χ4n) is 1.19. The minimum Gasteiger partial charge on any atom is -0.218 e. The van der Waals surface area contributed by atoms with Crippen molar-refractivity contribution in [3.05, 3.63) is 0 Å². The van der Waals surface area contributed by atoms with E-state index in [0.717, 1.165) is 19.3 Å². The fourth-order valence-corrected chi connectivity index (χ4v) is 2.51. The largest absolute Gasteiger partial charge is 0.218 e. The van der Waals surface area contributed by atoms with E-state index in [-0.39, 0.29) is 0 Å². The molecule has 0 spiro atoms. The predicted molar refractivity (Wildman–Crippen MR) is 43.1 cm³/mol. The molecule has 1 fully saturated rings. The maximum absolute atomic E-state index is 11.2. The normalized spacial score (nSPS) is 23.7. The standard InChI is InChI=1S/C5H12BNO2S/c1-7-10(8,9)5(6)3-2-4-5/h7H,2-4,6H2,1H3. The summed E-state index contributed by atoms with van der Waals surface area (Å²) in [5, 5.41) is 0. The van der Waals surface area contributed by atoms with Gasteiger partial charge in [0, 0.05) is 0 Å². The molecule has 10 heavy (non-hydrogen) atoms. The van der Waals surface area contributed by atoms with Crippen molar-refractivity contribution in [2.24, 2.45) is 0 Å². The van der Waals surface area contributed by atoms with E-state index < -0.39 is 14.7 Å². The van der Waals surface area contributed by atoms with Gasteiger partial charge in [-0.2, -0.15) is 0 Å². The topological polar surface area (TPSA) is 46.2 Å². The molecule has 1 rings (SSSR count). The van der Waals surface area contributed by atoms with Crippen molar-refractivity contribution in [2.75, 3.05) is 7.05 Å². The van der Waals surface area contributed by atoms with Gasteiger partial charge in [-0.15, -0.1) is 0 Å². The highest BCUT2D eigenvalue weighted by molar-refractivity contribution is 7.92. The molecule has 0 bridgehead atoms. The summed E-state index contributed by atoms with van der Waals surface area (Å²) in [5.74, 6) is 0. The van der Waals surface area contributed by atoms with Crippen molar-refractivity contribution in [1.82, 2.24) is 4.72 Å². The second-order valence-corrected chi connectivity index (χ2v) is 5.41. The molecule has 0 unspecified atom stereocenters. The number of hydrogen-bond donors (Lipinski definition) is 1. The van der Waals surface area contributed by atoms with Crippen LogP contribution in [0.25, 0.3) is 0 Å². The van der Waals surface area contributed by atoms with Gasteiger partial charge in [-0.3, -0.25) is 0 Å². The van der Waals surface area contributed by atoms with Crippen molar-refractivity contribution < 1.29 is 8.42 Å². The van der Waals surface area contributed by atoms with Crippen LogP contribution in [0, 0.1) is 0 Å². The van der Waals surface area contributed by atoms with Crippen LogP contribution < -0.4 is 4.72 Å². The van der Waals surface area contributed by atoms with Crippen molar-refractivity contribution in [1.29, 1.82) is 0 Å². The van der Waals surface area contributed by atoms with Gasteiger partial charge in [-0.1, -0.05) is 6.42 Å². The lowest BCUT2D eigenvalue weighted by atomic mass is 9.70. The Morgan fingerprint density at radius 3 is 2.10 bits per heavy atom. The molecule has 0 heterocycles. The Kier molecular flexibility index (Phi) is 1.81. The van der Waals surface area contributed by atoms with Crippen molar-refractivity contribution in [3.8, 4) is 0 Å². The second kappa shape index (κ2) is 2.24. The highest BCUT2D eigenvalue weighted by atomic mass is 32.2. The van der Waals surface area contributed by atoms with Crippen LogP contribution in [0.2, 0.25) is 0 Å². The van der Waals surface area contributed by atoms with Crippen molar-refractivity contribution >= 4 is 17.9 Å². The van der Waals surface area contributed by atoms with E-state index in [1.807, 2.05) is 0 Å². The van der Waals surface area contributed by atoms with Gasteiger partial charge in [0.05, 0.1) is 4.65 Å².